The maximum atomic E-state index is 13.4. The van der Waals surface area contributed by atoms with Gasteiger partial charge >= 0.3 is 5.97 Å². The van der Waals surface area contributed by atoms with Crippen LogP contribution in [-0.4, -0.2) is 39.2 Å². The average molecular weight is 540 g/mol. The molecule has 1 aliphatic rings. The first-order valence-corrected chi connectivity index (χ1v) is 14.0. The molecule has 0 bridgehead atoms. The van der Waals surface area contributed by atoms with Crippen LogP contribution in [0.3, 0.4) is 0 Å². The first kappa shape index (κ1) is 25.1. The smallest absolute Gasteiger partial charge is 0.341 e. The lowest BCUT2D eigenvalue weighted by atomic mass is 9.98. The van der Waals surface area contributed by atoms with Crippen LogP contribution in [-0.2, 0) is 17.8 Å². The highest BCUT2D eigenvalue weighted by molar-refractivity contribution is 7.99. The number of benzene rings is 3. The van der Waals surface area contributed by atoms with Crippen LogP contribution in [0.15, 0.2) is 84.4 Å². The van der Waals surface area contributed by atoms with Gasteiger partial charge in [0.25, 0.3) is 0 Å². The molecule has 198 valence electrons. The number of esters is 1. The van der Waals surface area contributed by atoms with Gasteiger partial charge in [-0.05, 0) is 46.7 Å². The molecule has 0 saturated carbocycles. The molecule has 0 spiro atoms. The minimum Gasteiger partial charge on any atom is -0.462 e. The highest BCUT2D eigenvalue weighted by Gasteiger charge is 2.26. The fraction of sp³-hybridized carbons (Fsp3) is 0.226. The third kappa shape index (κ3) is 4.88. The third-order valence-electron chi connectivity index (χ3n) is 6.79. The first-order chi connectivity index (χ1) is 19.2. The number of hydrogen-bond acceptors (Lipinski definition) is 6. The summed E-state index contributed by atoms with van der Waals surface area (Å²) in [6, 6.07) is 20.5. The van der Waals surface area contributed by atoms with Gasteiger partial charge in [-0.1, -0.05) is 55.5 Å². The van der Waals surface area contributed by atoms with E-state index in [0.29, 0.717) is 25.3 Å². The van der Waals surface area contributed by atoms with Crippen LogP contribution in [0.2, 0.25) is 0 Å². The molecule has 6 rings (SSSR count). The number of fused-ring (bicyclic) bond motifs is 2. The quantitative estimate of drug-likeness (QED) is 0.155. The summed E-state index contributed by atoms with van der Waals surface area (Å²) in [6.45, 7) is 5.71. The number of thioether (sulfide) groups is 1. The lowest BCUT2D eigenvalue weighted by molar-refractivity contribution is 0.0522. The predicted molar refractivity (Wildman–Crippen MR) is 153 cm³/mol. The van der Waals surface area contributed by atoms with E-state index in [1.807, 2.05) is 55.8 Å². The van der Waals surface area contributed by atoms with Gasteiger partial charge in [0, 0.05) is 24.5 Å². The van der Waals surface area contributed by atoms with Crippen molar-refractivity contribution in [2.24, 2.45) is 0 Å². The predicted octanol–water partition coefficient (Wildman–Crippen LogP) is 6.62. The first-order valence-electron chi connectivity index (χ1n) is 13.0. The standard InChI is InChI=1S/C31H29N3O4S/c1-3-36-31(35)29-26(25-11-7-9-22-8-5-6-10-24(22)25)18-33(30(29)39-4-2)17-23-15-32-19-34(23)16-21-12-13-27-28(14-21)38-20-37-27/h5-15,18-19H,3-4,16-17,20H2,1-2H3. The fourth-order valence-corrected chi connectivity index (χ4v) is 5.94. The summed E-state index contributed by atoms with van der Waals surface area (Å²) in [5.41, 5.74) is 4.63. The maximum absolute atomic E-state index is 13.4. The van der Waals surface area contributed by atoms with Crippen molar-refractivity contribution < 1.29 is 19.0 Å². The highest BCUT2D eigenvalue weighted by Crippen LogP contribution is 2.38. The Morgan fingerprint density at radius 1 is 0.974 bits per heavy atom. The molecule has 2 aromatic heterocycles. The molecule has 0 N–H and O–H groups in total. The van der Waals surface area contributed by atoms with E-state index >= 15 is 0 Å². The van der Waals surface area contributed by atoms with Gasteiger partial charge in [0.2, 0.25) is 6.79 Å². The number of rotatable bonds is 9. The molecule has 8 heteroatoms. The summed E-state index contributed by atoms with van der Waals surface area (Å²) in [5, 5.41) is 3.13. The van der Waals surface area contributed by atoms with Gasteiger partial charge in [-0.2, -0.15) is 0 Å². The lowest BCUT2D eigenvalue weighted by Gasteiger charge is -2.13. The van der Waals surface area contributed by atoms with Crippen molar-refractivity contribution in [3.05, 3.63) is 96.2 Å². The van der Waals surface area contributed by atoms with Crippen LogP contribution in [0.25, 0.3) is 21.9 Å². The highest BCUT2D eigenvalue weighted by atomic mass is 32.2. The minimum absolute atomic E-state index is 0.252. The Bertz CT molecular complexity index is 1650. The molecule has 0 atom stereocenters. The Kier molecular flexibility index (Phi) is 7.02. The van der Waals surface area contributed by atoms with Gasteiger partial charge in [-0.25, -0.2) is 9.78 Å². The van der Waals surface area contributed by atoms with Gasteiger partial charge in [0.1, 0.15) is 0 Å². The van der Waals surface area contributed by atoms with E-state index in [4.69, 9.17) is 14.2 Å². The van der Waals surface area contributed by atoms with Crippen molar-refractivity contribution in [1.82, 2.24) is 14.1 Å². The van der Waals surface area contributed by atoms with Crippen molar-refractivity contribution in [1.29, 1.82) is 0 Å². The van der Waals surface area contributed by atoms with Gasteiger partial charge < -0.3 is 23.3 Å². The Labute approximate surface area is 231 Å². The molecule has 1 aliphatic heterocycles. The van der Waals surface area contributed by atoms with Crippen LogP contribution in [0, 0.1) is 0 Å². The SMILES string of the molecule is CCOC(=O)c1c(-c2cccc3ccccc23)cn(Cc2cncn2Cc2ccc3c(c2)OCO3)c1SCC. The van der Waals surface area contributed by atoms with Crippen LogP contribution >= 0.6 is 11.8 Å². The Morgan fingerprint density at radius 2 is 1.82 bits per heavy atom. The monoisotopic (exact) mass is 539 g/mol. The van der Waals surface area contributed by atoms with E-state index in [1.165, 1.54) is 0 Å². The second-order valence-electron chi connectivity index (χ2n) is 9.23. The zero-order valence-electron chi connectivity index (χ0n) is 21.9. The van der Waals surface area contributed by atoms with Gasteiger partial charge in [0.15, 0.2) is 11.5 Å². The van der Waals surface area contributed by atoms with E-state index in [9.17, 15) is 4.79 Å². The number of ether oxygens (including phenoxy) is 3. The third-order valence-corrected chi connectivity index (χ3v) is 7.79. The van der Waals surface area contributed by atoms with Crippen LogP contribution in [0.5, 0.6) is 11.5 Å². The fourth-order valence-electron chi connectivity index (χ4n) is 5.04. The van der Waals surface area contributed by atoms with Crippen molar-refractivity contribution in [3.8, 4) is 22.6 Å². The molecule has 3 heterocycles. The average Bonchev–Trinajstić information content (AvgIpc) is 3.68. The molecule has 7 nitrogen and oxygen atoms in total. The molecule has 3 aromatic carbocycles. The lowest BCUT2D eigenvalue weighted by Crippen LogP contribution is -2.10. The maximum Gasteiger partial charge on any atom is 0.341 e. The molecule has 0 unspecified atom stereocenters. The van der Waals surface area contributed by atoms with Crippen molar-refractivity contribution in [3.63, 3.8) is 0 Å². The second kappa shape index (κ2) is 10.9. The molecule has 0 aliphatic carbocycles. The molecular formula is C31H29N3O4S. The summed E-state index contributed by atoms with van der Waals surface area (Å²) in [5.74, 6) is 2.05. The Balaban J connectivity index is 1.42. The van der Waals surface area contributed by atoms with Crippen LogP contribution in [0.1, 0.15) is 35.5 Å². The van der Waals surface area contributed by atoms with Gasteiger partial charge in [-0.3, -0.25) is 0 Å². The summed E-state index contributed by atoms with van der Waals surface area (Å²) >= 11 is 1.65. The van der Waals surface area contributed by atoms with Gasteiger partial charge in [-0.15, -0.1) is 11.8 Å². The number of imidazole rings is 1. The molecule has 5 aromatic rings. The summed E-state index contributed by atoms with van der Waals surface area (Å²) in [6.07, 6.45) is 5.81. The van der Waals surface area contributed by atoms with Crippen molar-refractivity contribution >= 4 is 28.5 Å². The second-order valence-corrected chi connectivity index (χ2v) is 10.5. The number of aromatic nitrogens is 3. The summed E-state index contributed by atoms with van der Waals surface area (Å²) in [4.78, 5) is 17.8. The topological polar surface area (TPSA) is 67.5 Å². The molecule has 0 saturated heterocycles. The van der Waals surface area contributed by atoms with Crippen LogP contribution < -0.4 is 9.47 Å². The largest absolute Gasteiger partial charge is 0.462 e. The van der Waals surface area contributed by atoms with E-state index in [1.54, 1.807) is 11.8 Å². The molecule has 0 amide bonds. The number of nitrogens with zero attached hydrogens (tertiary/aromatic N) is 3. The van der Waals surface area contributed by atoms with E-state index < -0.39 is 0 Å². The van der Waals surface area contributed by atoms with Crippen molar-refractivity contribution in [2.75, 3.05) is 19.2 Å². The van der Waals surface area contributed by atoms with E-state index in [0.717, 1.165) is 55.4 Å². The number of carbonyl (C=O) groups is 1. The van der Waals surface area contributed by atoms with E-state index in [-0.39, 0.29) is 12.8 Å². The molecule has 39 heavy (non-hydrogen) atoms. The van der Waals surface area contributed by atoms with Crippen LogP contribution in [0.4, 0.5) is 0 Å². The zero-order chi connectivity index (χ0) is 26.8. The zero-order valence-corrected chi connectivity index (χ0v) is 22.7. The number of hydrogen-bond donors (Lipinski definition) is 0. The number of carbonyl (C=O) groups excluding carboxylic acids is 1. The van der Waals surface area contributed by atoms with Gasteiger partial charge in [0.05, 0.1) is 35.8 Å². The minimum atomic E-state index is -0.302. The molecule has 0 fully saturated rings. The van der Waals surface area contributed by atoms with Crippen molar-refractivity contribution in [2.45, 2.75) is 32.0 Å². The Hall–Kier alpha value is -4.17. The molecular weight excluding hydrogens is 510 g/mol. The summed E-state index contributed by atoms with van der Waals surface area (Å²) in [7, 11) is 0. The Morgan fingerprint density at radius 3 is 2.69 bits per heavy atom. The summed E-state index contributed by atoms with van der Waals surface area (Å²) < 4.78 is 20.9. The molecule has 0 radical (unpaired) electrons. The normalized spacial score (nSPS) is 12.3. The van der Waals surface area contributed by atoms with E-state index in [2.05, 4.69) is 51.5 Å².